The van der Waals surface area contributed by atoms with E-state index in [0.717, 1.165) is 21.3 Å². The lowest BCUT2D eigenvalue weighted by Crippen LogP contribution is -2.15. The third-order valence-electron chi connectivity index (χ3n) is 4.44. The molecule has 31 heavy (non-hydrogen) atoms. The molecule has 4 rings (SSSR count). The van der Waals surface area contributed by atoms with Crippen molar-refractivity contribution >= 4 is 50.6 Å². The van der Waals surface area contributed by atoms with E-state index in [2.05, 4.69) is 15.3 Å². The molecule has 0 atom stereocenters. The van der Waals surface area contributed by atoms with Crippen LogP contribution in [0.1, 0.15) is 0 Å². The Morgan fingerprint density at radius 3 is 2.77 bits per heavy atom. The van der Waals surface area contributed by atoms with Crippen LogP contribution in [0.5, 0.6) is 5.75 Å². The van der Waals surface area contributed by atoms with Crippen molar-refractivity contribution in [3.05, 3.63) is 70.4 Å². The molecule has 0 aliphatic rings. The monoisotopic (exact) mass is 452 g/mol. The summed E-state index contributed by atoms with van der Waals surface area (Å²) in [7, 11) is 1.42. The molecule has 1 amide bonds. The smallest absolute Gasteiger partial charge is 0.296 e. The van der Waals surface area contributed by atoms with Gasteiger partial charge in [0.15, 0.2) is 0 Å². The number of nitro benzene ring substituents is 1. The van der Waals surface area contributed by atoms with Gasteiger partial charge in [0.2, 0.25) is 5.91 Å². The molecule has 0 bridgehead atoms. The largest absolute Gasteiger partial charge is 0.496 e. The van der Waals surface area contributed by atoms with Crippen LogP contribution in [0.2, 0.25) is 0 Å². The minimum absolute atomic E-state index is 0.0410. The van der Waals surface area contributed by atoms with Gasteiger partial charge < -0.3 is 10.1 Å². The van der Waals surface area contributed by atoms with E-state index in [0.29, 0.717) is 10.8 Å². The van der Waals surface area contributed by atoms with E-state index in [-0.39, 0.29) is 23.0 Å². The van der Waals surface area contributed by atoms with Gasteiger partial charge in [0.05, 0.1) is 29.2 Å². The van der Waals surface area contributed by atoms with Crippen LogP contribution in [-0.2, 0) is 4.79 Å². The van der Waals surface area contributed by atoms with Gasteiger partial charge in [-0.3, -0.25) is 14.9 Å². The number of ether oxygens (including phenoxy) is 1. The number of rotatable bonds is 7. The first-order valence-electron chi connectivity index (χ1n) is 9.09. The lowest BCUT2D eigenvalue weighted by molar-refractivity contribution is -0.384. The fourth-order valence-corrected chi connectivity index (χ4v) is 4.80. The van der Waals surface area contributed by atoms with Crippen molar-refractivity contribution in [3.63, 3.8) is 0 Å². The molecular weight excluding hydrogens is 436 g/mol. The Kier molecular flexibility index (Phi) is 6.10. The van der Waals surface area contributed by atoms with Crippen molar-refractivity contribution in [1.29, 1.82) is 0 Å². The molecule has 8 nitrogen and oxygen atoms in total. The lowest BCUT2D eigenvalue weighted by Gasteiger charge is -2.08. The molecular formula is C21H16N4O4S2. The first kappa shape index (κ1) is 20.8. The number of thiophene rings is 1. The summed E-state index contributed by atoms with van der Waals surface area (Å²) in [5, 5.41) is 17.5. The van der Waals surface area contributed by atoms with E-state index in [4.69, 9.17) is 4.74 Å². The van der Waals surface area contributed by atoms with Gasteiger partial charge in [-0.25, -0.2) is 9.97 Å². The van der Waals surface area contributed by atoms with Gasteiger partial charge in [0.25, 0.3) is 5.69 Å². The molecule has 2 aromatic heterocycles. The number of nitrogens with zero attached hydrogens (tertiary/aromatic N) is 3. The minimum atomic E-state index is -0.559. The average molecular weight is 453 g/mol. The van der Waals surface area contributed by atoms with Crippen molar-refractivity contribution in [1.82, 2.24) is 9.97 Å². The van der Waals surface area contributed by atoms with Crippen LogP contribution in [0.4, 0.5) is 11.4 Å². The van der Waals surface area contributed by atoms with E-state index in [1.165, 1.54) is 48.7 Å². The molecule has 2 heterocycles. The standard InChI is InChI=1S/C21H16N4O4S2/c1-29-14-7-8-16(17(9-14)25(27)28)24-18(26)11-31-21-19-15(13-5-3-2-4-6-13)10-30-20(19)22-12-23-21/h2-10,12H,11H2,1H3,(H,24,26). The number of thioether (sulfide) groups is 1. The van der Waals surface area contributed by atoms with Gasteiger partial charge in [-0.1, -0.05) is 42.1 Å². The molecule has 156 valence electrons. The lowest BCUT2D eigenvalue weighted by atomic mass is 10.1. The summed E-state index contributed by atoms with van der Waals surface area (Å²) >= 11 is 2.78. The number of hydrogen-bond acceptors (Lipinski definition) is 8. The third-order valence-corrected chi connectivity index (χ3v) is 6.31. The van der Waals surface area contributed by atoms with Gasteiger partial charge >= 0.3 is 0 Å². The number of methoxy groups -OCH3 is 1. The molecule has 0 aliphatic heterocycles. The second kappa shape index (κ2) is 9.11. The Morgan fingerprint density at radius 2 is 2.03 bits per heavy atom. The highest BCUT2D eigenvalue weighted by molar-refractivity contribution is 8.00. The third kappa shape index (κ3) is 4.49. The number of hydrogen-bond donors (Lipinski definition) is 1. The van der Waals surface area contributed by atoms with Gasteiger partial charge in [-0.15, -0.1) is 11.3 Å². The van der Waals surface area contributed by atoms with Crippen LogP contribution in [0.15, 0.2) is 65.3 Å². The number of benzene rings is 2. The number of carbonyl (C=O) groups excluding carboxylic acids is 1. The summed E-state index contributed by atoms with van der Waals surface area (Å²) in [6, 6.07) is 14.2. The van der Waals surface area contributed by atoms with Crippen molar-refractivity contribution in [2.24, 2.45) is 0 Å². The molecule has 4 aromatic rings. The maximum Gasteiger partial charge on any atom is 0.296 e. The van der Waals surface area contributed by atoms with Crippen LogP contribution in [-0.4, -0.2) is 33.7 Å². The zero-order valence-electron chi connectivity index (χ0n) is 16.3. The zero-order chi connectivity index (χ0) is 21.8. The second-order valence-corrected chi connectivity index (χ2v) is 8.17. The molecule has 1 N–H and O–H groups in total. The van der Waals surface area contributed by atoms with Crippen LogP contribution >= 0.6 is 23.1 Å². The summed E-state index contributed by atoms with van der Waals surface area (Å²) in [6.45, 7) is 0. The summed E-state index contributed by atoms with van der Waals surface area (Å²) in [6.07, 6.45) is 1.47. The van der Waals surface area contributed by atoms with E-state index in [9.17, 15) is 14.9 Å². The summed E-state index contributed by atoms with van der Waals surface area (Å²) in [5.41, 5.74) is 1.94. The number of amides is 1. The van der Waals surface area contributed by atoms with E-state index in [1.54, 1.807) is 6.07 Å². The minimum Gasteiger partial charge on any atom is -0.496 e. The Morgan fingerprint density at radius 1 is 1.23 bits per heavy atom. The molecule has 0 saturated carbocycles. The fourth-order valence-electron chi connectivity index (χ4n) is 3.00. The number of nitrogens with one attached hydrogen (secondary N) is 1. The molecule has 0 saturated heterocycles. The van der Waals surface area contributed by atoms with Crippen LogP contribution < -0.4 is 10.1 Å². The van der Waals surface area contributed by atoms with Crippen molar-refractivity contribution in [2.45, 2.75) is 5.03 Å². The normalized spacial score (nSPS) is 10.7. The first-order valence-corrected chi connectivity index (χ1v) is 11.0. The van der Waals surface area contributed by atoms with Crippen molar-refractivity contribution in [2.75, 3.05) is 18.2 Å². The highest BCUT2D eigenvalue weighted by Gasteiger charge is 2.19. The Bertz CT molecular complexity index is 1260. The molecule has 0 aliphatic carbocycles. The molecule has 0 spiro atoms. The van der Waals surface area contributed by atoms with Crippen LogP contribution in [0.3, 0.4) is 0 Å². The van der Waals surface area contributed by atoms with Crippen LogP contribution in [0.25, 0.3) is 21.3 Å². The van der Waals surface area contributed by atoms with Gasteiger partial charge in [-0.2, -0.15) is 0 Å². The average Bonchev–Trinajstić information content (AvgIpc) is 3.23. The summed E-state index contributed by atoms with van der Waals surface area (Å²) in [5.74, 6) is 0.00852. The summed E-state index contributed by atoms with van der Waals surface area (Å²) < 4.78 is 5.02. The highest BCUT2D eigenvalue weighted by atomic mass is 32.2. The molecule has 0 fully saturated rings. The van der Waals surface area contributed by atoms with E-state index in [1.807, 2.05) is 35.7 Å². The number of anilines is 1. The molecule has 10 heteroatoms. The molecule has 2 aromatic carbocycles. The number of aromatic nitrogens is 2. The number of carbonyl (C=O) groups is 1. The van der Waals surface area contributed by atoms with E-state index >= 15 is 0 Å². The number of nitro groups is 1. The predicted octanol–water partition coefficient (Wildman–Crippen LogP) is 5.01. The Hall–Kier alpha value is -3.50. The van der Waals surface area contributed by atoms with Crippen molar-refractivity contribution in [3.8, 4) is 16.9 Å². The summed E-state index contributed by atoms with van der Waals surface area (Å²) in [4.78, 5) is 32.8. The van der Waals surface area contributed by atoms with Gasteiger partial charge in [0.1, 0.15) is 27.6 Å². The zero-order valence-corrected chi connectivity index (χ0v) is 17.9. The maximum atomic E-state index is 12.5. The predicted molar refractivity (Wildman–Crippen MR) is 122 cm³/mol. The SMILES string of the molecule is COc1ccc(NC(=O)CSc2ncnc3scc(-c4ccccc4)c23)c([N+](=O)[O-])c1. The number of fused-ring (bicyclic) bond motifs is 1. The topological polar surface area (TPSA) is 107 Å². The maximum absolute atomic E-state index is 12.5. The second-order valence-electron chi connectivity index (χ2n) is 6.35. The van der Waals surface area contributed by atoms with Crippen LogP contribution in [0, 0.1) is 10.1 Å². The van der Waals surface area contributed by atoms with E-state index < -0.39 is 4.92 Å². The Balaban J connectivity index is 1.54. The van der Waals surface area contributed by atoms with Gasteiger partial charge in [0, 0.05) is 10.9 Å². The Labute approximate surface area is 185 Å². The van der Waals surface area contributed by atoms with Crippen molar-refractivity contribution < 1.29 is 14.5 Å². The first-order chi connectivity index (χ1) is 15.1. The van der Waals surface area contributed by atoms with Gasteiger partial charge in [-0.05, 0) is 17.7 Å². The quantitative estimate of drug-likeness (QED) is 0.182. The molecule has 0 unspecified atom stereocenters. The highest BCUT2D eigenvalue weighted by Crippen LogP contribution is 2.38. The fraction of sp³-hybridized carbons (Fsp3) is 0.0952. The molecule has 0 radical (unpaired) electrons.